The Labute approximate surface area is 294 Å². The Morgan fingerprint density at radius 2 is 0.904 bits per heavy atom. The number of hydrogen-bond donors (Lipinski definition) is 0. The number of nitrogens with zero attached hydrogens (tertiary/aromatic N) is 3. The average molecular weight is 702 g/mol. The Morgan fingerprint density at radius 1 is 0.500 bits per heavy atom. The summed E-state index contributed by atoms with van der Waals surface area (Å²) in [5.41, 5.74) is 3.64. The number of aryl methyl sites for hydroxylation is 4. The van der Waals surface area contributed by atoms with E-state index in [0.29, 0.717) is 28.9 Å². The van der Waals surface area contributed by atoms with Crippen LogP contribution in [-0.2, 0) is 12.4 Å². The van der Waals surface area contributed by atoms with Crippen LogP contribution in [0, 0.1) is 34.3 Å². The van der Waals surface area contributed by atoms with Crippen LogP contribution in [-0.4, -0.2) is 9.13 Å². The number of benzene rings is 6. The first-order valence-corrected chi connectivity index (χ1v) is 16.5. The van der Waals surface area contributed by atoms with Gasteiger partial charge in [-0.15, -0.1) is 0 Å². The number of fused-ring (bicyclic) bond motifs is 6. The Kier molecular flexibility index (Phi) is 7.33. The molecular formula is C43H29F6N3. The second-order valence-electron chi connectivity index (χ2n) is 13.3. The Morgan fingerprint density at radius 3 is 1.27 bits per heavy atom. The molecule has 0 radical (unpaired) electrons. The van der Waals surface area contributed by atoms with Crippen molar-refractivity contribution in [2.45, 2.75) is 40.0 Å². The SMILES string of the molecule is [C-]#[N+]c1cc(-c2cc(-n3c4cccc(C)c4c4c(C)cccc43)c(-n3c4cccc(C)c4c4c(C)cccc43)cc2C(F)(F)F)cc(C(F)(F)F)c1. The summed E-state index contributed by atoms with van der Waals surface area (Å²) in [5.74, 6) is 0. The Balaban J connectivity index is 1.63. The van der Waals surface area contributed by atoms with Crippen molar-refractivity contribution < 1.29 is 26.3 Å². The molecule has 9 heteroatoms. The normalized spacial score (nSPS) is 12.4. The zero-order valence-electron chi connectivity index (χ0n) is 28.4. The van der Waals surface area contributed by atoms with Gasteiger partial charge in [-0.2, -0.15) is 26.3 Å². The van der Waals surface area contributed by atoms with E-state index < -0.39 is 34.7 Å². The van der Waals surface area contributed by atoms with Gasteiger partial charge in [0.05, 0.1) is 45.6 Å². The number of aromatic nitrogens is 2. The van der Waals surface area contributed by atoms with E-state index in [9.17, 15) is 13.2 Å². The summed E-state index contributed by atoms with van der Waals surface area (Å²) in [6.45, 7) is 15.4. The van der Waals surface area contributed by atoms with Crippen molar-refractivity contribution >= 4 is 49.3 Å². The van der Waals surface area contributed by atoms with Gasteiger partial charge >= 0.3 is 12.4 Å². The van der Waals surface area contributed by atoms with E-state index in [2.05, 4.69) is 4.85 Å². The van der Waals surface area contributed by atoms with Crippen molar-refractivity contribution in [3.63, 3.8) is 0 Å². The van der Waals surface area contributed by atoms with Gasteiger partial charge in [0.2, 0.25) is 0 Å². The highest BCUT2D eigenvalue weighted by Crippen LogP contribution is 2.47. The molecule has 0 atom stereocenters. The molecule has 52 heavy (non-hydrogen) atoms. The Bertz CT molecular complexity index is 2710. The molecule has 3 nitrogen and oxygen atoms in total. The zero-order valence-corrected chi connectivity index (χ0v) is 28.4. The van der Waals surface area contributed by atoms with Crippen LogP contribution in [0.15, 0.2) is 103 Å². The summed E-state index contributed by atoms with van der Waals surface area (Å²) in [7, 11) is 0. The summed E-state index contributed by atoms with van der Waals surface area (Å²) in [4.78, 5) is 3.20. The molecule has 2 heterocycles. The maximum atomic E-state index is 15.4. The molecule has 0 saturated carbocycles. The number of hydrogen-bond acceptors (Lipinski definition) is 0. The van der Waals surface area contributed by atoms with Crippen molar-refractivity contribution in [3.8, 4) is 22.5 Å². The van der Waals surface area contributed by atoms with Gasteiger partial charge in [0, 0.05) is 27.1 Å². The van der Waals surface area contributed by atoms with Crippen molar-refractivity contribution in [1.82, 2.24) is 9.13 Å². The van der Waals surface area contributed by atoms with E-state index in [1.807, 2.05) is 110 Å². The Hall–Kier alpha value is -6.01. The van der Waals surface area contributed by atoms with Crippen molar-refractivity contribution in [2.24, 2.45) is 0 Å². The minimum atomic E-state index is -4.98. The van der Waals surface area contributed by atoms with Crippen molar-refractivity contribution in [3.05, 3.63) is 148 Å². The van der Waals surface area contributed by atoms with Crippen LogP contribution >= 0.6 is 0 Å². The zero-order chi connectivity index (χ0) is 36.9. The van der Waals surface area contributed by atoms with Gasteiger partial charge in [-0.05, 0) is 116 Å². The molecule has 0 N–H and O–H groups in total. The lowest BCUT2D eigenvalue weighted by molar-refractivity contribution is -0.137. The molecule has 0 unspecified atom stereocenters. The van der Waals surface area contributed by atoms with Gasteiger partial charge in [-0.3, -0.25) is 0 Å². The van der Waals surface area contributed by atoms with Crippen LogP contribution < -0.4 is 0 Å². The fourth-order valence-corrected chi connectivity index (χ4v) is 7.84. The van der Waals surface area contributed by atoms with Gasteiger partial charge in [0.15, 0.2) is 5.69 Å². The third-order valence-electron chi connectivity index (χ3n) is 10.1. The van der Waals surface area contributed by atoms with Gasteiger partial charge in [-0.25, -0.2) is 4.85 Å². The third-order valence-corrected chi connectivity index (χ3v) is 10.1. The highest BCUT2D eigenvalue weighted by molar-refractivity contribution is 6.14. The van der Waals surface area contributed by atoms with Crippen LogP contribution in [0.2, 0.25) is 0 Å². The standard InChI is InChI=1S/C43H29F6N3/c1-23-10-6-14-32-38(23)39-24(2)11-7-15-33(39)51(32)36-21-30(27-18-28(42(44,45)46)20-29(19-27)50-5)31(43(47,48)49)22-37(36)52-34-16-8-12-25(3)40(34)41-26(4)13-9-17-35(41)52/h6-22H,1-4H3. The number of halogens is 6. The molecule has 258 valence electrons. The molecule has 0 aliphatic heterocycles. The predicted octanol–water partition coefficient (Wildman–Crippen LogP) is 13.4. The van der Waals surface area contributed by atoms with Crippen LogP contribution in [0.5, 0.6) is 0 Å². The molecule has 0 aliphatic rings. The van der Waals surface area contributed by atoms with E-state index in [-0.39, 0.29) is 11.3 Å². The van der Waals surface area contributed by atoms with E-state index in [0.717, 1.165) is 67.0 Å². The quantitative estimate of drug-likeness (QED) is 0.129. The summed E-state index contributed by atoms with van der Waals surface area (Å²) >= 11 is 0. The fraction of sp³-hybridized carbons (Fsp3) is 0.140. The monoisotopic (exact) mass is 701 g/mol. The summed E-state index contributed by atoms with van der Waals surface area (Å²) in [6.07, 6.45) is -9.87. The molecule has 0 bridgehead atoms. The molecule has 8 rings (SSSR count). The van der Waals surface area contributed by atoms with E-state index in [4.69, 9.17) is 6.57 Å². The predicted molar refractivity (Wildman–Crippen MR) is 196 cm³/mol. The summed E-state index contributed by atoms with van der Waals surface area (Å²) in [5, 5.41) is 3.64. The maximum Gasteiger partial charge on any atom is 0.417 e. The first-order valence-electron chi connectivity index (χ1n) is 16.5. The molecular weight excluding hydrogens is 672 g/mol. The fourth-order valence-electron chi connectivity index (χ4n) is 7.84. The van der Waals surface area contributed by atoms with Gasteiger partial charge in [-0.1, -0.05) is 48.5 Å². The van der Waals surface area contributed by atoms with Crippen LogP contribution in [0.1, 0.15) is 33.4 Å². The maximum absolute atomic E-state index is 15.4. The van der Waals surface area contributed by atoms with Crippen LogP contribution in [0.3, 0.4) is 0 Å². The lowest BCUT2D eigenvalue weighted by Crippen LogP contribution is -2.12. The lowest BCUT2D eigenvalue weighted by atomic mass is 9.95. The average Bonchev–Trinajstić information content (AvgIpc) is 3.62. The van der Waals surface area contributed by atoms with E-state index in [1.54, 1.807) is 0 Å². The van der Waals surface area contributed by atoms with Crippen molar-refractivity contribution in [2.75, 3.05) is 0 Å². The molecule has 0 amide bonds. The highest BCUT2D eigenvalue weighted by atomic mass is 19.4. The topological polar surface area (TPSA) is 14.2 Å². The molecule has 0 aliphatic carbocycles. The van der Waals surface area contributed by atoms with Crippen molar-refractivity contribution in [1.29, 1.82) is 0 Å². The minimum Gasteiger partial charge on any atom is -0.307 e. The smallest absolute Gasteiger partial charge is 0.307 e. The molecule has 0 saturated heterocycles. The van der Waals surface area contributed by atoms with Gasteiger partial charge in [0.1, 0.15) is 0 Å². The molecule has 2 aromatic heterocycles. The first-order chi connectivity index (χ1) is 24.7. The summed E-state index contributed by atoms with van der Waals surface area (Å²) < 4.78 is 92.4. The summed E-state index contributed by atoms with van der Waals surface area (Å²) in [6, 6.07) is 27.8. The van der Waals surface area contributed by atoms with E-state index in [1.165, 1.54) is 6.07 Å². The second-order valence-corrected chi connectivity index (χ2v) is 13.3. The lowest BCUT2D eigenvalue weighted by Gasteiger charge is -2.23. The molecule has 0 fully saturated rings. The molecule has 0 spiro atoms. The van der Waals surface area contributed by atoms with Gasteiger partial charge in [0.25, 0.3) is 0 Å². The second kappa shape index (κ2) is 11.5. The minimum absolute atomic E-state index is 0.200. The van der Waals surface area contributed by atoms with Crippen LogP contribution in [0.25, 0.3) is 71.0 Å². The number of alkyl halides is 6. The molecule has 8 aromatic rings. The largest absolute Gasteiger partial charge is 0.417 e. The van der Waals surface area contributed by atoms with Gasteiger partial charge < -0.3 is 9.13 Å². The molecule has 6 aromatic carbocycles. The van der Waals surface area contributed by atoms with E-state index >= 15 is 13.2 Å². The number of rotatable bonds is 3. The third kappa shape index (κ3) is 4.96. The first kappa shape index (κ1) is 33.2. The van der Waals surface area contributed by atoms with Crippen LogP contribution in [0.4, 0.5) is 32.0 Å². The highest BCUT2D eigenvalue weighted by Gasteiger charge is 2.37.